The van der Waals surface area contributed by atoms with Crippen LogP contribution in [0.4, 0.5) is 5.69 Å². The largest absolute Gasteiger partial charge is 0.394 e. The van der Waals surface area contributed by atoms with E-state index in [9.17, 15) is 19.5 Å². The van der Waals surface area contributed by atoms with Crippen LogP contribution in [0.5, 0.6) is 0 Å². The molecule has 0 aromatic heterocycles. The van der Waals surface area contributed by atoms with Gasteiger partial charge in [0.1, 0.15) is 11.6 Å². The molecule has 3 aliphatic rings. The predicted molar refractivity (Wildman–Crippen MR) is 146 cm³/mol. The summed E-state index contributed by atoms with van der Waals surface area (Å²) in [6.45, 7) is 3.61. The molecule has 2 unspecified atom stereocenters. The molecule has 3 aliphatic heterocycles. The summed E-state index contributed by atoms with van der Waals surface area (Å²) in [5.74, 6) is -2.51. The van der Waals surface area contributed by atoms with Gasteiger partial charge in [0.25, 0.3) is 0 Å². The van der Waals surface area contributed by atoms with Crippen molar-refractivity contribution in [2.45, 2.75) is 56.5 Å². The molecule has 2 bridgehead atoms. The van der Waals surface area contributed by atoms with Gasteiger partial charge in [-0.1, -0.05) is 60.7 Å². The van der Waals surface area contributed by atoms with Crippen molar-refractivity contribution >= 4 is 34.2 Å². The summed E-state index contributed by atoms with van der Waals surface area (Å²) in [5, 5.41) is 18.1. The van der Waals surface area contributed by atoms with E-state index >= 15 is 0 Å². The maximum absolute atomic E-state index is 14.0. The van der Waals surface area contributed by atoms with Gasteiger partial charge in [-0.05, 0) is 55.2 Å². The Morgan fingerprint density at radius 3 is 2.49 bits per heavy atom. The number of aliphatic hydroxyl groups excluding tert-OH is 1. The van der Waals surface area contributed by atoms with Gasteiger partial charge in [-0.15, -0.1) is 0 Å². The summed E-state index contributed by atoms with van der Waals surface area (Å²) in [6, 6.07) is 21.5. The molecule has 202 valence electrons. The van der Waals surface area contributed by atoms with Crippen molar-refractivity contribution in [3.63, 3.8) is 0 Å². The molecule has 3 saturated heterocycles. The molecule has 3 fully saturated rings. The molecule has 3 aromatic carbocycles. The predicted octanol–water partition coefficient (Wildman–Crippen LogP) is 3.24. The molecule has 0 radical (unpaired) electrons. The quantitative estimate of drug-likeness (QED) is 0.437. The Bertz CT molecular complexity index is 1440. The van der Waals surface area contributed by atoms with Crippen molar-refractivity contribution in [2.24, 2.45) is 11.8 Å². The maximum Gasteiger partial charge on any atom is 0.250 e. The first-order valence-electron chi connectivity index (χ1n) is 13.5. The van der Waals surface area contributed by atoms with Crippen molar-refractivity contribution in [1.82, 2.24) is 10.2 Å². The van der Waals surface area contributed by atoms with Crippen LogP contribution in [-0.4, -0.2) is 57.6 Å². The number of anilines is 1. The smallest absolute Gasteiger partial charge is 0.250 e. The number of carbonyl (C=O) groups excluding carboxylic acids is 3. The van der Waals surface area contributed by atoms with Gasteiger partial charge in [-0.2, -0.15) is 0 Å². The highest BCUT2D eigenvalue weighted by molar-refractivity contribution is 6.04. The number of nitrogens with zero attached hydrogens (tertiary/aromatic N) is 1. The third-order valence-corrected chi connectivity index (χ3v) is 8.81. The lowest BCUT2D eigenvalue weighted by molar-refractivity contribution is -0.147. The van der Waals surface area contributed by atoms with Crippen molar-refractivity contribution in [1.29, 1.82) is 0 Å². The average Bonchev–Trinajstić information content (AvgIpc) is 3.52. The second-order valence-electron chi connectivity index (χ2n) is 11.3. The first-order valence-corrected chi connectivity index (χ1v) is 13.5. The second-order valence-corrected chi connectivity index (χ2v) is 11.3. The number of aliphatic hydroxyl groups is 1. The molecule has 3 amide bonds. The fraction of sp³-hybridized carbons (Fsp3) is 0.387. The molecule has 3 aromatic rings. The lowest BCUT2D eigenvalue weighted by Crippen LogP contribution is -2.55. The summed E-state index contributed by atoms with van der Waals surface area (Å²) < 4.78 is 6.63. The summed E-state index contributed by atoms with van der Waals surface area (Å²) >= 11 is 0. The molecule has 3 heterocycles. The third kappa shape index (κ3) is 4.01. The Kier molecular flexibility index (Phi) is 6.19. The molecule has 6 atom stereocenters. The topological polar surface area (TPSA) is 108 Å². The van der Waals surface area contributed by atoms with E-state index < -0.39 is 35.1 Å². The number of rotatable bonds is 7. The van der Waals surface area contributed by atoms with Gasteiger partial charge >= 0.3 is 0 Å². The standard InChI is InChI=1S/C31H33N3O5/c1-19(18-35)34-26(28(37)33-23-13-12-21-10-6-7-11-22(21)16-23)31-15-14-30(2,39-31)24(25(31)29(34)38)27(36)32-17-20-8-4-3-5-9-20/h3-13,16,19,24-26,35H,14-15,17-18H2,1-2H3,(H,32,36)(H,33,37)/t19-,24+,25+,26?,30-,31?/m1/s1. The number of fused-ring (bicyclic) bond motifs is 2. The molecule has 0 aliphatic carbocycles. The lowest BCUT2D eigenvalue weighted by Gasteiger charge is -2.35. The Labute approximate surface area is 227 Å². The Morgan fingerprint density at radius 2 is 1.74 bits per heavy atom. The monoisotopic (exact) mass is 527 g/mol. The number of ether oxygens (including phenoxy) is 1. The van der Waals surface area contributed by atoms with Crippen LogP contribution in [-0.2, 0) is 25.7 Å². The third-order valence-electron chi connectivity index (χ3n) is 8.81. The number of amides is 3. The van der Waals surface area contributed by atoms with Crippen LogP contribution in [0, 0.1) is 11.8 Å². The molecular formula is C31H33N3O5. The zero-order valence-electron chi connectivity index (χ0n) is 22.1. The summed E-state index contributed by atoms with van der Waals surface area (Å²) in [5.41, 5.74) is -0.448. The van der Waals surface area contributed by atoms with E-state index in [1.807, 2.05) is 79.7 Å². The second kappa shape index (κ2) is 9.47. The average molecular weight is 528 g/mol. The van der Waals surface area contributed by atoms with E-state index in [1.165, 1.54) is 4.90 Å². The fourth-order valence-corrected chi connectivity index (χ4v) is 7.00. The maximum atomic E-state index is 14.0. The minimum atomic E-state index is -1.15. The number of hydrogen-bond donors (Lipinski definition) is 3. The minimum Gasteiger partial charge on any atom is -0.394 e. The van der Waals surface area contributed by atoms with Crippen LogP contribution >= 0.6 is 0 Å². The SMILES string of the molecule is C[C@H](CO)N1C(=O)[C@@H]2[C@@H](C(=O)NCc3ccccc3)[C@@]3(C)CCC2(O3)C1C(=O)Nc1ccc2ccccc2c1. The van der Waals surface area contributed by atoms with Gasteiger partial charge in [0.05, 0.1) is 30.1 Å². The summed E-state index contributed by atoms with van der Waals surface area (Å²) in [7, 11) is 0. The van der Waals surface area contributed by atoms with Gasteiger partial charge < -0.3 is 25.4 Å². The molecule has 6 rings (SSSR count). The Morgan fingerprint density at radius 1 is 1.03 bits per heavy atom. The van der Waals surface area contributed by atoms with E-state index in [0.29, 0.717) is 25.1 Å². The zero-order valence-corrected chi connectivity index (χ0v) is 22.1. The van der Waals surface area contributed by atoms with Crippen LogP contribution in [0.15, 0.2) is 72.8 Å². The normalized spacial score (nSPS) is 29.9. The molecule has 8 heteroatoms. The Balaban J connectivity index is 1.32. The summed E-state index contributed by atoms with van der Waals surface area (Å²) in [4.78, 5) is 43.1. The van der Waals surface area contributed by atoms with E-state index in [4.69, 9.17) is 4.74 Å². The number of carbonyl (C=O) groups is 3. The van der Waals surface area contributed by atoms with E-state index in [0.717, 1.165) is 16.3 Å². The van der Waals surface area contributed by atoms with Gasteiger partial charge in [0, 0.05) is 12.2 Å². The summed E-state index contributed by atoms with van der Waals surface area (Å²) in [6.07, 6.45) is 1.04. The fourth-order valence-electron chi connectivity index (χ4n) is 7.00. The van der Waals surface area contributed by atoms with Gasteiger partial charge in [-0.3, -0.25) is 14.4 Å². The van der Waals surface area contributed by atoms with E-state index in [-0.39, 0.29) is 24.3 Å². The van der Waals surface area contributed by atoms with E-state index in [2.05, 4.69) is 10.6 Å². The van der Waals surface area contributed by atoms with Crippen LogP contribution in [0.1, 0.15) is 32.3 Å². The van der Waals surface area contributed by atoms with E-state index in [1.54, 1.807) is 6.92 Å². The number of benzene rings is 3. The number of likely N-dealkylation sites (tertiary alicyclic amines) is 1. The first kappa shape index (κ1) is 25.5. The van der Waals surface area contributed by atoms with Crippen LogP contribution in [0.3, 0.4) is 0 Å². The molecule has 39 heavy (non-hydrogen) atoms. The zero-order chi connectivity index (χ0) is 27.4. The van der Waals surface area contributed by atoms with Crippen molar-refractivity contribution < 1.29 is 24.2 Å². The van der Waals surface area contributed by atoms with Gasteiger partial charge in [0.15, 0.2) is 0 Å². The number of nitrogens with one attached hydrogen (secondary N) is 2. The van der Waals surface area contributed by atoms with Gasteiger partial charge in [0.2, 0.25) is 17.7 Å². The highest BCUT2D eigenvalue weighted by atomic mass is 16.5. The molecule has 1 spiro atoms. The van der Waals surface area contributed by atoms with Gasteiger partial charge in [-0.25, -0.2) is 0 Å². The molecular weight excluding hydrogens is 494 g/mol. The van der Waals surface area contributed by atoms with Crippen LogP contribution < -0.4 is 10.6 Å². The Hall–Kier alpha value is -3.75. The molecule has 0 saturated carbocycles. The van der Waals surface area contributed by atoms with Crippen molar-refractivity contribution in [3.05, 3.63) is 78.4 Å². The van der Waals surface area contributed by atoms with Crippen LogP contribution in [0.2, 0.25) is 0 Å². The van der Waals surface area contributed by atoms with Crippen molar-refractivity contribution in [2.75, 3.05) is 11.9 Å². The first-order chi connectivity index (χ1) is 18.8. The lowest BCUT2D eigenvalue weighted by atomic mass is 9.66. The minimum absolute atomic E-state index is 0.256. The van der Waals surface area contributed by atoms with Crippen molar-refractivity contribution in [3.8, 4) is 0 Å². The number of hydrogen-bond acceptors (Lipinski definition) is 5. The highest BCUT2D eigenvalue weighted by Crippen LogP contribution is 2.63. The molecule has 3 N–H and O–H groups in total. The highest BCUT2D eigenvalue weighted by Gasteiger charge is 2.78. The molecule has 8 nitrogen and oxygen atoms in total. The van der Waals surface area contributed by atoms with Crippen LogP contribution in [0.25, 0.3) is 10.8 Å².